The third-order valence-corrected chi connectivity index (χ3v) is 9.02. The molecule has 1 saturated heterocycles. The molecule has 2 aromatic rings. The SMILES string of the molecule is CN=C(NS(=O)(=O)N1CCS(O)(O)CC1)N1CC(c2ccccc2)C(c2ccc(Cl)cc2)=N1. The van der Waals surface area contributed by atoms with Gasteiger partial charge in [-0.25, -0.2) is 9.73 Å². The van der Waals surface area contributed by atoms with Crippen LogP contribution in [-0.2, 0) is 10.2 Å². The highest BCUT2D eigenvalue weighted by molar-refractivity contribution is 8.24. The van der Waals surface area contributed by atoms with Crippen molar-refractivity contribution in [1.29, 1.82) is 0 Å². The van der Waals surface area contributed by atoms with E-state index in [1.807, 2.05) is 42.5 Å². The maximum Gasteiger partial charge on any atom is 0.304 e. The third kappa shape index (κ3) is 5.51. The average Bonchev–Trinajstić information content (AvgIpc) is 3.23. The predicted molar refractivity (Wildman–Crippen MR) is 133 cm³/mol. The van der Waals surface area contributed by atoms with Crippen LogP contribution in [0.2, 0.25) is 5.02 Å². The van der Waals surface area contributed by atoms with Gasteiger partial charge >= 0.3 is 10.2 Å². The van der Waals surface area contributed by atoms with Gasteiger partial charge in [0.25, 0.3) is 0 Å². The van der Waals surface area contributed by atoms with Crippen molar-refractivity contribution in [1.82, 2.24) is 14.0 Å². The van der Waals surface area contributed by atoms with Crippen molar-refractivity contribution in [3.05, 3.63) is 70.7 Å². The lowest BCUT2D eigenvalue weighted by Crippen LogP contribution is -2.51. The molecule has 0 spiro atoms. The normalized spacial score (nSPS) is 22.7. The number of hydrogen-bond acceptors (Lipinski definition) is 6. The smallest absolute Gasteiger partial charge is 0.299 e. The monoisotopic (exact) mass is 511 g/mol. The zero-order chi connectivity index (χ0) is 23.6. The third-order valence-electron chi connectivity index (χ3n) is 5.61. The molecule has 2 aliphatic rings. The van der Waals surface area contributed by atoms with Gasteiger partial charge in [0.1, 0.15) is 0 Å². The summed E-state index contributed by atoms with van der Waals surface area (Å²) in [6.45, 7) is 0.457. The Hall–Kier alpha value is -2.15. The Kier molecular flexibility index (Phi) is 6.99. The maximum absolute atomic E-state index is 13.0. The molecule has 0 aromatic heterocycles. The molecule has 1 fully saturated rings. The fourth-order valence-corrected chi connectivity index (χ4v) is 6.61. The number of rotatable bonds is 4. The Morgan fingerprint density at radius 3 is 2.36 bits per heavy atom. The second kappa shape index (κ2) is 9.61. The molecule has 3 N–H and O–H groups in total. The van der Waals surface area contributed by atoms with Gasteiger partial charge < -0.3 is 0 Å². The van der Waals surface area contributed by atoms with E-state index in [1.54, 1.807) is 17.1 Å². The van der Waals surface area contributed by atoms with Crippen LogP contribution in [0, 0.1) is 0 Å². The van der Waals surface area contributed by atoms with Crippen molar-refractivity contribution in [2.24, 2.45) is 10.1 Å². The Labute approximate surface area is 200 Å². The van der Waals surface area contributed by atoms with Crippen LogP contribution in [0.4, 0.5) is 0 Å². The van der Waals surface area contributed by atoms with Crippen molar-refractivity contribution >= 4 is 44.1 Å². The molecule has 1 atom stereocenters. The Morgan fingerprint density at radius 2 is 1.76 bits per heavy atom. The van der Waals surface area contributed by atoms with E-state index >= 15 is 0 Å². The molecule has 4 rings (SSSR count). The van der Waals surface area contributed by atoms with E-state index in [2.05, 4.69) is 9.71 Å². The second-order valence-electron chi connectivity index (χ2n) is 7.80. The van der Waals surface area contributed by atoms with E-state index in [1.165, 1.54) is 11.4 Å². The highest BCUT2D eigenvalue weighted by Crippen LogP contribution is 2.40. The van der Waals surface area contributed by atoms with Crippen molar-refractivity contribution in [2.75, 3.05) is 38.2 Å². The molecule has 2 aliphatic heterocycles. The van der Waals surface area contributed by atoms with Crippen LogP contribution >= 0.6 is 22.2 Å². The number of aliphatic imine (C=N–C) groups is 1. The fraction of sp³-hybridized carbons (Fsp3) is 0.333. The van der Waals surface area contributed by atoms with Crippen LogP contribution in [0.5, 0.6) is 0 Å². The van der Waals surface area contributed by atoms with Crippen LogP contribution in [-0.4, -0.2) is 76.7 Å². The first kappa shape index (κ1) is 24.0. The summed E-state index contributed by atoms with van der Waals surface area (Å²) in [5.74, 6) is 0.0322. The number of halogens is 1. The molecule has 0 radical (unpaired) electrons. The zero-order valence-corrected chi connectivity index (χ0v) is 20.4. The summed E-state index contributed by atoms with van der Waals surface area (Å²) in [7, 11) is -5.15. The molecule has 0 amide bonds. The van der Waals surface area contributed by atoms with Crippen LogP contribution in [0.3, 0.4) is 0 Å². The quantitative estimate of drug-likeness (QED) is 0.431. The minimum absolute atomic E-state index is 0.0190. The lowest BCUT2D eigenvalue weighted by molar-refractivity contribution is 0.397. The Balaban J connectivity index is 1.59. The summed E-state index contributed by atoms with van der Waals surface area (Å²) in [5, 5.41) is 6.89. The molecule has 2 heterocycles. The van der Waals surface area contributed by atoms with Gasteiger partial charge in [0.2, 0.25) is 5.96 Å². The maximum atomic E-state index is 13.0. The summed E-state index contributed by atoms with van der Waals surface area (Å²) in [6.07, 6.45) is 0. The lowest BCUT2D eigenvalue weighted by atomic mass is 9.91. The van der Waals surface area contributed by atoms with Crippen molar-refractivity contribution < 1.29 is 17.5 Å². The average molecular weight is 512 g/mol. The summed E-state index contributed by atoms with van der Waals surface area (Å²) in [4.78, 5) is 4.15. The minimum Gasteiger partial charge on any atom is -0.299 e. The van der Waals surface area contributed by atoms with E-state index in [9.17, 15) is 17.5 Å². The molecule has 9 nitrogen and oxygen atoms in total. The standard InChI is InChI=1S/C21H26ClN5O4S2/c1-23-21(25-33(30,31)26-11-13-32(28,29)14-12-26)27-15-19(16-5-3-2-4-6-16)20(24-27)17-7-9-18(22)10-8-17/h2-10,19,28-29H,11-15H2,1H3,(H,23,25). The van der Waals surface area contributed by atoms with Crippen LogP contribution < -0.4 is 4.72 Å². The van der Waals surface area contributed by atoms with Gasteiger partial charge in [0.15, 0.2) is 0 Å². The molecule has 0 aliphatic carbocycles. The number of nitrogens with one attached hydrogen (secondary N) is 1. The molecular formula is C21H26ClN5O4S2. The molecule has 0 saturated carbocycles. The molecular weight excluding hydrogens is 486 g/mol. The fourth-order valence-electron chi connectivity index (χ4n) is 3.81. The molecule has 178 valence electrons. The highest BCUT2D eigenvalue weighted by atomic mass is 35.5. The lowest BCUT2D eigenvalue weighted by Gasteiger charge is -2.40. The zero-order valence-electron chi connectivity index (χ0n) is 18.0. The highest BCUT2D eigenvalue weighted by Gasteiger charge is 2.35. The first-order valence-corrected chi connectivity index (χ1v) is 14.0. The first-order chi connectivity index (χ1) is 15.7. The molecule has 0 bridgehead atoms. The van der Waals surface area contributed by atoms with Gasteiger partial charge in [-0.1, -0.05) is 54.1 Å². The first-order valence-electron chi connectivity index (χ1n) is 10.3. The summed E-state index contributed by atoms with van der Waals surface area (Å²) in [6, 6.07) is 17.2. The van der Waals surface area contributed by atoms with Crippen LogP contribution in [0.1, 0.15) is 17.0 Å². The Bertz CT molecular complexity index is 1150. The van der Waals surface area contributed by atoms with Crippen LogP contribution in [0.25, 0.3) is 0 Å². The van der Waals surface area contributed by atoms with E-state index in [4.69, 9.17) is 16.7 Å². The molecule has 2 aromatic carbocycles. The molecule has 33 heavy (non-hydrogen) atoms. The van der Waals surface area contributed by atoms with Gasteiger partial charge in [-0.2, -0.15) is 28.4 Å². The van der Waals surface area contributed by atoms with E-state index in [0.29, 0.717) is 11.6 Å². The van der Waals surface area contributed by atoms with Crippen molar-refractivity contribution in [3.8, 4) is 0 Å². The molecule has 1 unspecified atom stereocenters. The van der Waals surface area contributed by atoms with Crippen LogP contribution in [0.15, 0.2) is 64.7 Å². The molecule has 12 heteroatoms. The number of benzene rings is 2. The van der Waals surface area contributed by atoms with Gasteiger partial charge in [-0.15, -0.1) is 0 Å². The van der Waals surface area contributed by atoms with Gasteiger partial charge in [0, 0.05) is 31.1 Å². The number of nitrogens with zero attached hydrogens (tertiary/aromatic N) is 4. The van der Waals surface area contributed by atoms with E-state index < -0.39 is 20.8 Å². The van der Waals surface area contributed by atoms with Gasteiger partial charge in [-0.3, -0.25) is 14.1 Å². The summed E-state index contributed by atoms with van der Waals surface area (Å²) in [5.41, 5.74) is 2.72. The topological polar surface area (TPSA) is 118 Å². The van der Waals surface area contributed by atoms with Gasteiger partial charge in [-0.05, 0) is 23.3 Å². The number of hydrazone groups is 1. The predicted octanol–water partition coefficient (Wildman–Crippen LogP) is 3.03. The van der Waals surface area contributed by atoms with Crippen molar-refractivity contribution in [2.45, 2.75) is 5.92 Å². The van der Waals surface area contributed by atoms with E-state index in [-0.39, 0.29) is 36.5 Å². The van der Waals surface area contributed by atoms with E-state index in [0.717, 1.165) is 16.8 Å². The largest absolute Gasteiger partial charge is 0.304 e. The summed E-state index contributed by atoms with van der Waals surface area (Å²) < 4.78 is 49.2. The number of guanidine groups is 1. The Morgan fingerprint density at radius 1 is 1.12 bits per heavy atom. The van der Waals surface area contributed by atoms with Crippen molar-refractivity contribution in [3.63, 3.8) is 0 Å². The number of hydrogen-bond donors (Lipinski definition) is 3. The second-order valence-corrected chi connectivity index (χ2v) is 12.3. The minimum atomic E-state index is -3.94. The van der Waals surface area contributed by atoms with Gasteiger partial charge in [0.05, 0.1) is 23.8 Å². The summed E-state index contributed by atoms with van der Waals surface area (Å²) >= 11 is 6.06.